The van der Waals surface area contributed by atoms with E-state index in [9.17, 15) is 10.1 Å². The van der Waals surface area contributed by atoms with Gasteiger partial charge in [0.1, 0.15) is 12.0 Å². The first-order valence-electron chi connectivity index (χ1n) is 4.84. The van der Waals surface area contributed by atoms with Crippen LogP contribution in [0.2, 0.25) is 4.34 Å². The number of pyridine rings is 1. The van der Waals surface area contributed by atoms with Gasteiger partial charge in [-0.1, -0.05) is 11.6 Å². The van der Waals surface area contributed by atoms with Gasteiger partial charge in [-0.3, -0.25) is 10.1 Å². The summed E-state index contributed by atoms with van der Waals surface area (Å²) in [6.45, 7) is 0.570. The van der Waals surface area contributed by atoms with E-state index in [1.807, 2.05) is 12.1 Å². The average Bonchev–Trinajstić information content (AvgIpc) is 2.73. The van der Waals surface area contributed by atoms with Crippen molar-refractivity contribution in [2.24, 2.45) is 0 Å². The molecule has 18 heavy (non-hydrogen) atoms. The molecule has 0 bridgehead atoms. The highest BCUT2D eigenvalue weighted by Gasteiger charge is 2.10. The zero-order valence-electron chi connectivity index (χ0n) is 8.89. The standard InChI is InChI=1S/C10H7BrClN3O2S/c11-8-3-6(15(16)17)4-13-10(8)14-5-7-1-2-9(12)18-7/h1-4H,5H2,(H,13,14). The van der Waals surface area contributed by atoms with Crippen LogP contribution < -0.4 is 5.32 Å². The Morgan fingerprint density at radius 1 is 1.56 bits per heavy atom. The lowest BCUT2D eigenvalue weighted by Crippen LogP contribution is -2.01. The second-order valence-electron chi connectivity index (χ2n) is 3.34. The van der Waals surface area contributed by atoms with Crippen LogP contribution in [0, 0.1) is 10.1 Å². The second kappa shape index (κ2) is 5.64. The van der Waals surface area contributed by atoms with Gasteiger partial charge >= 0.3 is 0 Å². The number of thiophene rings is 1. The first kappa shape index (κ1) is 13.3. The van der Waals surface area contributed by atoms with Gasteiger partial charge in [-0.15, -0.1) is 11.3 Å². The third-order valence-electron chi connectivity index (χ3n) is 2.10. The number of rotatable bonds is 4. The van der Waals surface area contributed by atoms with Crippen molar-refractivity contribution in [3.63, 3.8) is 0 Å². The third kappa shape index (κ3) is 3.18. The molecular formula is C10H7BrClN3O2S. The number of halogens is 2. The fourth-order valence-corrected chi connectivity index (χ4v) is 2.78. The number of hydrogen-bond acceptors (Lipinski definition) is 5. The van der Waals surface area contributed by atoms with Crippen LogP contribution in [0.1, 0.15) is 4.88 Å². The average molecular weight is 349 g/mol. The van der Waals surface area contributed by atoms with E-state index in [4.69, 9.17) is 11.6 Å². The topological polar surface area (TPSA) is 68.1 Å². The highest BCUT2D eigenvalue weighted by Crippen LogP contribution is 2.26. The summed E-state index contributed by atoms with van der Waals surface area (Å²) in [5.74, 6) is 0.560. The van der Waals surface area contributed by atoms with Gasteiger partial charge in [-0.25, -0.2) is 4.98 Å². The van der Waals surface area contributed by atoms with Crippen molar-refractivity contribution >= 4 is 50.4 Å². The van der Waals surface area contributed by atoms with Crippen LogP contribution in [0.15, 0.2) is 28.9 Å². The van der Waals surface area contributed by atoms with E-state index in [2.05, 4.69) is 26.2 Å². The van der Waals surface area contributed by atoms with Crippen molar-refractivity contribution in [3.8, 4) is 0 Å². The summed E-state index contributed by atoms with van der Waals surface area (Å²) in [6, 6.07) is 5.15. The summed E-state index contributed by atoms with van der Waals surface area (Å²) in [7, 11) is 0. The van der Waals surface area contributed by atoms with Crippen molar-refractivity contribution in [2.75, 3.05) is 5.32 Å². The van der Waals surface area contributed by atoms with E-state index in [-0.39, 0.29) is 5.69 Å². The van der Waals surface area contributed by atoms with E-state index in [0.29, 0.717) is 16.8 Å². The van der Waals surface area contributed by atoms with Gasteiger partial charge in [-0.2, -0.15) is 0 Å². The molecular weight excluding hydrogens is 342 g/mol. The van der Waals surface area contributed by atoms with Crippen molar-refractivity contribution < 1.29 is 4.92 Å². The van der Waals surface area contributed by atoms with E-state index in [1.54, 1.807) is 0 Å². The molecule has 0 saturated heterocycles. The Bertz CT molecular complexity index is 590. The van der Waals surface area contributed by atoms with Crippen molar-refractivity contribution in [1.29, 1.82) is 0 Å². The highest BCUT2D eigenvalue weighted by atomic mass is 79.9. The molecule has 1 N–H and O–H groups in total. The van der Waals surface area contributed by atoms with Gasteiger partial charge in [0.25, 0.3) is 5.69 Å². The summed E-state index contributed by atoms with van der Waals surface area (Å²) in [5, 5.41) is 13.6. The van der Waals surface area contributed by atoms with E-state index in [0.717, 1.165) is 9.21 Å². The fraction of sp³-hybridized carbons (Fsp3) is 0.100. The Morgan fingerprint density at radius 2 is 2.33 bits per heavy atom. The van der Waals surface area contributed by atoms with Gasteiger partial charge in [0.15, 0.2) is 0 Å². The van der Waals surface area contributed by atoms with Crippen LogP contribution >= 0.6 is 38.9 Å². The van der Waals surface area contributed by atoms with Crippen molar-refractivity contribution in [1.82, 2.24) is 4.98 Å². The molecule has 0 radical (unpaired) electrons. The molecule has 2 aromatic rings. The van der Waals surface area contributed by atoms with Crippen LogP contribution in [0.3, 0.4) is 0 Å². The maximum absolute atomic E-state index is 10.6. The summed E-state index contributed by atoms with van der Waals surface area (Å²) in [4.78, 5) is 15.1. The molecule has 0 amide bonds. The van der Waals surface area contributed by atoms with Crippen LogP contribution in [-0.2, 0) is 6.54 Å². The van der Waals surface area contributed by atoms with Crippen molar-refractivity contribution in [3.05, 3.63) is 48.2 Å². The molecule has 0 atom stereocenters. The predicted molar refractivity (Wildman–Crippen MR) is 75.2 cm³/mol. The first-order valence-corrected chi connectivity index (χ1v) is 6.83. The Kier molecular flexibility index (Phi) is 4.15. The van der Waals surface area contributed by atoms with E-state index >= 15 is 0 Å². The second-order valence-corrected chi connectivity index (χ2v) is 5.99. The summed E-state index contributed by atoms with van der Waals surface area (Å²) < 4.78 is 1.28. The normalized spacial score (nSPS) is 10.3. The lowest BCUT2D eigenvalue weighted by atomic mass is 10.4. The van der Waals surface area contributed by atoms with Gasteiger partial charge in [0.2, 0.25) is 0 Å². The number of nitrogens with zero attached hydrogens (tertiary/aromatic N) is 2. The molecule has 0 saturated carbocycles. The minimum atomic E-state index is -0.486. The summed E-state index contributed by atoms with van der Waals surface area (Å²) in [5.41, 5.74) is -0.0495. The lowest BCUT2D eigenvalue weighted by Gasteiger charge is -2.05. The van der Waals surface area contributed by atoms with Gasteiger partial charge in [0, 0.05) is 10.9 Å². The molecule has 2 aromatic heterocycles. The smallest absolute Gasteiger partial charge is 0.288 e. The molecule has 5 nitrogen and oxygen atoms in total. The van der Waals surface area contributed by atoms with E-state index in [1.165, 1.54) is 23.6 Å². The zero-order valence-corrected chi connectivity index (χ0v) is 12.1. The van der Waals surface area contributed by atoms with Gasteiger partial charge < -0.3 is 5.32 Å². The SMILES string of the molecule is O=[N+]([O-])c1cnc(NCc2ccc(Cl)s2)c(Br)c1. The molecule has 0 aliphatic carbocycles. The highest BCUT2D eigenvalue weighted by molar-refractivity contribution is 9.10. The minimum Gasteiger partial charge on any atom is -0.364 e. The number of nitrogens with one attached hydrogen (secondary N) is 1. The Balaban J connectivity index is 2.08. The lowest BCUT2D eigenvalue weighted by molar-refractivity contribution is -0.385. The minimum absolute atomic E-state index is 0.0495. The first-order chi connectivity index (χ1) is 8.56. The van der Waals surface area contributed by atoms with Crippen molar-refractivity contribution in [2.45, 2.75) is 6.54 Å². The van der Waals surface area contributed by atoms with Crippen LogP contribution in [0.25, 0.3) is 0 Å². The molecule has 0 unspecified atom stereocenters. The molecule has 8 heteroatoms. The Hall–Kier alpha value is -1.18. The molecule has 0 aromatic carbocycles. The monoisotopic (exact) mass is 347 g/mol. The number of aromatic nitrogens is 1. The third-order valence-corrected chi connectivity index (χ3v) is 3.93. The molecule has 0 spiro atoms. The molecule has 0 fully saturated rings. The Labute approximate surface area is 120 Å². The Morgan fingerprint density at radius 3 is 2.89 bits per heavy atom. The summed E-state index contributed by atoms with van der Waals surface area (Å²) in [6.07, 6.45) is 1.22. The zero-order chi connectivity index (χ0) is 13.1. The largest absolute Gasteiger partial charge is 0.364 e. The number of anilines is 1. The number of hydrogen-bond donors (Lipinski definition) is 1. The molecule has 2 rings (SSSR count). The van der Waals surface area contributed by atoms with Crippen LogP contribution in [0.5, 0.6) is 0 Å². The quantitative estimate of drug-likeness (QED) is 0.668. The fourth-order valence-electron chi connectivity index (χ4n) is 1.28. The summed E-state index contributed by atoms with van der Waals surface area (Å²) >= 11 is 10.5. The maximum atomic E-state index is 10.6. The maximum Gasteiger partial charge on any atom is 0.288 e. The molecule has 0 aliphatic heterocycles. The van der Waals surface area contributed by atoms with Crippen LogP contribution in [-0.4, -0.2) is 9.91 Å². The molecule has 0 aliphatic rings. The van der Waals surface area contributed by atoms with E-state index < -0.39 is 4.92 Å². The van der Waals surface area contributed by atoms with Gasteiger partial charge in [0.05, 0.1) is 20.3 Å². The molecule has 94 valence electrons. The van der Waals surface area contributed by atoms with Crippen LogP contribution in [0.4, 0.5) is 11.5 Å². The molecule has 2 heterocycles. The van der Waals surface area contributed by atoms with Gasteiger partial charge in [-0.05, 0) is 28.1 Å². The number of nitro groups is 1. The predicted octanol–water partition coefficient (Wildman–Crippen LogP) is 4.08.